The first-order valence-corrected chi connectivity index (χ1v) is 5.12. The smallest absolute Gasteiger partial charge is 0.114 e. The summed E-state index contributed by atoms with van der Waals surface area (Å²) in [6, 6.07) is 0. The highest BCUT2D eigenvalue weighted by Gasteiger charge is 2.33. The van der Waals surface area contributed by atoms with Crippen molar-refractivity contribution in [3.05, 3.63) is 0 Å². The van der Waals surface area contributed by atoms with E-state index in [4.69, 9.17) is 9.47 Å². The van der Waals surface area contributed by atoms with E-state index in [0.717, 1.165) is 32.7 Å². The summed E-state index contributed by atoms with van der Waals surface area (Å²) in [7, 11) is 0. The fourth-order valence-electron chi connectivity index (χ4n) is 2.03. The molecule has 2 heterocycles. The first-order chi connectivity index (χ1) is 6.42. The number of hydrogen-bond donors (Lipinski definition) is 2. The highest BCUT2D eigenvalue weighted by atomic mass is 16.5. The average molecular weight is 186 g/mol. The van der Waals surface area contributed by atoms with E-state index in [1.165, 1.54) is 0 Å². The van der Waals surface area contributed by atoms with Gasteiger partial charge in [0.1, 0.15) is 12.5 Å². The number of nitrogens with one attached hydrogen (secondary N) is 2. The summed E-state index contributed by atoms with van der Waals surface area (Å²) in [4.78, 5) is 0. The summed E-state index contributed by atoms with van der Waals surface area (Å²) < 4.78 is 11.2. The second kappa shape index (κ2) is 4.37. The van der Waals surface area contributed by atoms with Crippen molar-refractivity contribution in [3.8, 4) is 0 Å². The van der Waals surface area contributed by atoms with Crippen LogP contribution >= 0.6 is 0 Å². The Hall–Kier alpha value is -0.160. The second-order valence-electron chi connectivity index (χ2n) is 3.56. The fraction of sp³-hybridized carbons (Fsp3) is 1.00. The lowest BCUT2D eigenvalue weighted by Crippen LogP contribution is -2.43. The van der Waals surface area contributed by atoms with Crippen LogP contribution < -0.4 is 10.6 Å². The largest absolute Gasteiger partial charge is 0.362 e. The van der Waals surface area contributed by atoms with Crippen molar-refractivity contribution in [2.45, 2.75) is 25.8 Å². The molecule has 0 saturated carbocycles. The lowest BCUT2D eigenvalue weighted by atomic mass is 10.0. The summed E-state index contributed by atoms with van der Waals surface area (Å²) in [5.74, 6) is 0.435. The van der Waals surface area contributed by atoms with Gasteiger partial charge in [0, 0.05) is 19.0 Å². The van der Waals surface area contributed by atoms with Gasteiger partial charge in [0.2, 0.25) is 0 Å². The van der Waals surface area contributed by atoms with Gasteiger partial charge in [-0.15, -0.1) is 0 Å². The van der Waals surface area contributed by atoms with Crippen LogP contribution in [0.15, 0.2) is 0 Å². The van der Waals surface area contributed by atoms with Crippen LogP contribution in [0.2, 0.25) is 0 Å². The number of rotatable bonds is 3. The molecule has 2 saturated heterocycles. The monoisotopic (exact) mass is 186 g/mol. The quantitative estimate of drug-likeness (QED) is 0.646. The van der Waals surface area contributed by atoms with Crippen LogP contribution in [0.5, 0.6) is 0 Å². The maximum atomic E-state index is 5.59. The van der Waals surface area contributed by atoms with Crippen LogP contribution in [-0.4, -0.2) is 38.8 Å². The summed E-state index contributed by atoms with van der Waals surface area (Å²) in [5.41, 5.74) is 0. The molecule has 0 radical (unpaired) electrons. The Bertz CT molecular complexity index is 138. The number of ether oxygens (including phenoxy) is 2. The molecule has 2 rings (SSSR count). The van der Waals surface area contributed by atoms with Crippen molar-refractivity contribution in [3.63, 3.8) is 0 Å². The van der Waals surface area contributed by atoms with Gasteiger partial charge in [-0.3, -0.25) is 10.6 Å². The molecule has 4 heteroatoms. The van der Waals surface area contributed by atoms with E-state index in [2.05, 4.69) is 17.6 Å². The molecule has 0 aliphatic carbocycles. The minimum atomic E-state index is 0.181. The Balaban J connectivity index is 1.90. The maximum Gasteiger partial charge on any atom is 0.114 e. The molecule has 2 aliphatic rings. The summed E-state index contributed by atoms with van der Waals surface area (Å²) in [6.45, 7) is 5.76. The summed E-state index contributed by atoms with van der Waals surface area (Å²) in [5, 5.41) is 6.68. The lowest BCUT2D eigenvalue weighted by Gasteiger charge is -2.26. The third-order valence-electron chi connectivity index (χ3n) is 2.74. The predicted octanol–water partition coefficient (Wildman–Crippen LogP) is -0.0956. The third kappa shape index (κ3) is 2.02. The molecule has 0 aromatic heterocycles. The van der Waals surface area contributed by atoms with Crippen LogP contribution in [0, 0.1) is 5.92 Å². The fourth-order valence-corrected chi connectivity index (χ4v) is 2.03. The van der Waals surface area contributed by atoms with Gasteiger partial charge >= 0.3 is 0 Å². The zero-order valence-electron chi connectivity index (χ0n) is 8.08. The first-order valence-electron chi connectivity index (χ1n) is 5.12. The standard InChI is InChI=1S/C9H18N2O2/c1-2-7(8-10-3-5-12-8)9-11-4-6-13-9/h7-11H,2-6H2,1H3. The molecule has 2 unspecified atom stereocenters. The summed E-state index contributed by atoms with van der Waals surface area (Å²) >= 11 is 0. The van der Waals surface area contributed by atoms with Crippen LogP contribution in [-0.2, 0) is 9.47 Å². The van der Waals surface area contributed by atoms with E-state index in [0.29, 0.717) is 5.92 Å². The van der Waals surface area contributed by atoms with Gasteiger partial charge in [-0.2, -0.15) is 0 Å². The van der Waals surface area contributed by atoms with Crippen molar-refractivity contribution in [2.24, 2.45) is 5.92 Å². The van der Waals surface area contributed by atoms with Crippen LogP contribution in [0.4, 0.5) is 0 Å². The predicted molar refractivity (Wildman–Crippen MR) is 49.3 cm³/mol. The molecule has 0 amide bonds. The minimum Gasteiger partial charge on any atom is -0.362 e. The molecule has 76 valence electrons. The van der Waals surface area contributed by atoms with E-state index < -0.39 is 0 Å². The van der Waals surface area contributed by atoms with Crippen molar-refractivity contribution in [2.75, 3.05) is 26.3 Å². The molecule has 2 fully saturated rings. The molecule has 0 aromatic carbocycles. The van der Waals surface area contributed by atoms with Gasteiger partial charge in [0.05, 0.1) is 13.2 Å². The van der Waals surface area contributed by atoms with Crippen LogP contribution in [0.25, 0.3) is 0 Å². The maximum absolute atomic E-state index is 5.59. The molecule has 0 aromatic rings. The van der Waals surface area contributed by atoms with E-state index in [9.17, 15) is 0 Å². The Morgan fingerprint density at radius 1 is 1.15 bits per heavy atom. The molecule has 0 spiro atoms. The van der Waals surface area contributed by atoms with Crippen molar-refractivity contribution >= 4 is 0 Å². The van der Waals surface area contributed by atoms with Crippen molar-refractivity contribution in [1.82, 2.24) is 10.6 Å². The Morgan fingerprint density at radius 2 is 1.69 bits per heavy atom. The molecular formula is C9H18N2O2. The Morgan fingerprint density at radius 3 is 2.00 bits per heavy atom. The van der Waals surface area contributed by atoms with Gasteiger partial charge in [-0.1, -0.05) is 6.92 Å². The molecule has 4 nitrogen and oxygen atoms in total. The van der Waals surface area contributed by atoms with Crippen LogP contribution in [0.3, 0.4) is 0 Å². The van der Waals surface area contributed by atoms with Gasteiger partial charge in [0.15, 0.2) is 0 Å². The Kier molecular flexibility index (Phi) is 3.16. The molecule has 0 bridgehead atoms. The van der Waals surface area contributed by atoms with Gasteiger partial charge in [-0.25, -0.2) is 0 Å². The zero-order valence-corrected chi connectivity index (χ0v) is 8.08. The number of hydrogen-bond acceptors (Lipinski definition) is 4. The third-order valence-corrected chi connectivity index (χ3v) is 2.74. The lowest BCUT2D eigenvalue weighted by molar-refractivity contribution is -0.0338. The van der Waals surface area contributed by atoms with E-state index in [1.807, 2.05) is 0 Å². The minimum absolute atomic E-state index is 0.181. The normalized spacial score (nSPS) is 36.7. The molecule has 13 heavy (non-hydrogen) atoms. The molecule has 2 aliphatic heterocycles. The van der Waals surface area contributed by atoms with E-state index in [1.54, 1.807) is 0 Å². The molecular weight excluding hydrogens is 168 g/mol. The van der Waals surface area contributed by atoms with E-state index >= 15 is 0 Å². The Labute approximate surface area is 79.0 Å². The van der Waals surface area contributed by atoms with Crippen molar-refractivity contribution in [1.29, 1.82) is 0 Å². The second-order valence-corrected chi connectivity index (χ2v) is 3.56. The zero-order chi connectivity index (χ0) is 9.10. The average Bonchev–Trinajstić information content (AvgIpc) is 2.76. The van der Waals surface area contributed by atoms with Gasteiger partial charge in [-0.05, 0) is 6.42 Å². The highest BCUT2D eigenvalue weighted by Crippen LogP contribution is 2.20. The SMILES string of the molecule is CCC(C1NCCO1)C1NCCO1. The van der Waals surface area contributed by atoms with E-state index in [-0.39, 0.29) is 12.5 Å². The molecule has 2 N–H and O–H groups in total. The van der Waals surface area contributed by atoms with Gasteiger partial charge in [0.25, 0.3) is 0 Å². The molecule has 2 atom stereocenters. The first kappa shape index (κ1) is 9.40. The highest BCUT2D eigenvalue weighted by molar-refractivity contribution is 4.80. The summed E-state index contributed by atoms with van der Waals surface area (Å²) in [6.07, 6.45) is 1.44. The van der Waals surface area contributed by atoms with Gasteiger partial charge < -0.3 is 9.47 Å². The van der Waals surface area contributed by atoms with Crippen LogP contribution in [0.1, 0.15) is 13.3 Å². The topological polar surface area (TPSA) is 42.5 Å². The van der Waals surface area contributed by atoms with Crippen molar-refractivity contribution < 1.29 is 9.47 Å².